The van der Waals surface area contributed by atoms with E-state index in [4.69, 9.17) is 0 Å². The summed E-state index contributed by atoms with van der Waals surface area (Å²) in [5, 5.41) is 13.2. The van der Waals surface area contributed by atoms with E-state index in [1.54, 1.807) is 16.2 Å². The lowest BCUT2D eigenvalue weighted by Gasteiger charge is -2.31. The van der Waals surface area contributed by atoms with E-state index in [0.29, 0.717) is 19.4 Å². The number of nitrogens with zero attached hydrogens (tertiary/aromatic N) is 1. The van der Waals surface area contributed by atoms with Crippen molar-refractivity contribution in [3.05, 3.63) is 22.4 Å². The minimum Gasteiger partial charge on any atom is -0.480 e. The van der Waals surface area contributed by atoms with Crippen LogP contribution in [0.4, 0.5) is 0 Å². The van der Waals surface area contributed by atoms with Gasteiger partial charge in [0.05, 0.1) is 6.42 Å². The van der Waals surface area contributed by atoms with Crippen molar-refractivity contribution in [3.63, 3.8) is 0 Å². The molecule has 1 amide bonds. The number of likely N-dealkylation sites (tertiary alicyclic amines) is 1. The van der Waals surface area contributed by atoms with Crippen LogP contribution < -0.4 is 0 Å². The quantitative estimate of drug-likeness (QED) is 0.926. The van der Waals surface area contributed by atoms with Crippen LogP contribution in [0, 0.1) is 0 Å². The van der Waals surface area contributed by atoms with Crippen LogP contribution >= 0.6 is 11.3 Å². The predicted octanol–water partition coefficient (Wildman–Crippen LogP) is 2.54. The summed E-state index contributed by atoms with van der Waals surface area (Å²) in [4.78, 5) is 25.2. The number of carboxylic acid groups (broad SMARTS) is 1. The first-order valence-electron chi connectivity index (χ1n) is 6.72. The molecule has 2 rings (SSSR count). The van der Waals surface area contributed by atoms with Gasteiger partial charge in [0.25, 0.3) is 0 Å². The molecule has 1 fully saturated rings. The van der Waals surface area contributed by atoms with Crippen molar-refractivity contribution in [1.29, 1.82) is 0 Å². The maximum Gasteiger partial charge on any atom is 0.326 e. The Bertz CT molecular complexity index is 430. The largest absolute Gasteiger partial charge is 0.480 e. The van der Waals surface area contributed by atoms with Crippen LogP contribution in [-0.4, -0.2) is 34.5 Å². The zero-order chi connectivity index (χ0) is 13.7. The fourth-order valence-electron chi connectivity index (χ4n) is 2.51. The summed E-state index contributed by atoms with van der Waals surface area (Å²) < 4.78 is 0. The maximum atomic E-state index is 12.3. The highest BCUT2D eigenvalue weighted by atomic mass is 32.1. The average molecular weight is 281 g/mol. The molecule has 0 aliphatic carbocycles. The Balaban J connectivity index is 2.07. The van der Waals surface area contributed by atoms with E-state index >= 15 is 0 Å². The van der Waals surface area contributed by atoms with Crippen molar-refractivity contribution in [2.75, 3.05) is 6.54 Å². The number of amides is 1. The summed E-state index contributed by atoms with van der Waals surface area (Å²) in [5.74, 6) is -0.937. The van der Waals surface area contributed by atoms with Crippen LogP contribution in [0.3, 0.4) is 0 Å². The second-order valence-electron chi connectivity index (χ2n) is 4.95. The standard InChI is InChI=1S/C14H19NO3S/c16-13(9-11-6-8-19-10-11)15-7-4-2-1-3-5-12(15)14(17)18/h6,8,10,12H,1-5,7,9H2,(H,17,18)/t12-/m1/s1. The van der Waals surface area contributed by atoms with Gasteiger partial charge in [0.2, 0.25) is 5.91 Å². The molecule has 1 saturated heterocycles. The lowest BCUT2D eigenvalue weighted by atomic mass is 10.0. The molecule has 1 aliphatic rings. The van der Waals surface area contributed by atoms with Crippen LogP contribution in [0.5, 0.6) is 0 Å². The molecule has 1 N–H and O–H groups in total. The first-order valence-corrected chi connectivity index (χ1v) is 7.66. The predicted molar refractivity (Wildman–Crippen MR) is 74.2 cm³/mol. The second-order valence-corrected chi connectivity index (χ2v) is 5.73. The maximum absolute atomic E-state index is 12.3. The molecule has 19 heavy (non-hydrogen) atoms. The van der Waals surface area contributed by atoms with Crippen molar-refractivity contribution in [3.8, 4) is 0 Å². The van der Waals surface area contributed by atoms with Gasteiger partial charge < -0.3 is 10.0 Å². The molecule has 1 aliphatic heterocycles. The average Bonchev–Trinajstić information content (AvgIpc) is 2.80. The highest BCUT2D eigenvalue weighted by molar-refractivity contribution is 7.07. The number of aliphatic carboxylic acids is 1. The van der Waals surface area contributed by atoms with Gasteiger partial charge in [-0.15, -0.1) is 0 Å². The van der Waals surface area contributed by atoms with Gasteiger partial charge in [-0.05, 0) is 35.2 Å². The van der Waals surface area contributed by atoms with Gasteiger partial charge in [0.15, 0.2) is 0 Å². The van der Waals surface area contributed by atoms with Crippen molar-refractivity contribution in [2.45, 2.75) is 44.6 Å². The monoisotopic (exact) mass is 281 g/mol. The van der Waals surface area contributed by atoms with E-state index in [2.05, 4.69) is 0 Å². The fraction of sp³-hybridized carbons (Fsp3) is 0.571. The van der Waals surface area contributed by atoms with E-state index in [1.165, 1.54) is 0 Å². The van der Waals surface area contributed by atoms with Crippen LogP contribution in [0.15, 0.2) is 16.8 Å². The van der Waals surface area contributed by atoms with Crippen molar-refractivity contribution in [1.82, 2.24) is 4.90 Å². The number of hydrogen-bond acceptors (Lipinski definition) is 3. The molecule has 0 spiro atoms. The molecule has 4 nitrogen and oxygen atoms in total. The van der Waals surface area contributed by atoms with Crippen molar-refractivity contribution >= 4 is 23.2 Å². The first kappa shape index (κ1) is 14.1. The summed E-state index contributed by atoms with van der Waals surface area (Å²) in [7, 11) is 0. The number of carboxylic acids is 1. The molecule has 0 saturated carbocycles. The molecule has 0 bridgehead atoms. The Kier molecular flexibility index (Phi) is 4.96. The molecule has 104 valence electrons. The summed E-state index contributed by atoms with van der Waals surface area (Å²) in [6, 6.07) is 1.27. The number of carbonyl (C=O) groups excluding carboxylic acids is 1. The molecule has 5 heteroatoms. The van der Waals surface area contributed by atoms with E-state index < -0.39 is 12.0 Å². The summed E-state index contributed by atoms with van der Waals surface area (Å²) >= 11 is 1.56. The lowest BCUT2D eigenvalue weighted by molar-refractivity contribution is -0.150. The molecule has 1 atom stereocenters. The molecule has 1 aromatic rings. The Morgan fingerprint density at radius 2 is 2.11 bits per heavy atom. The van der Waals surface area contributed by atoms with E-state index in [0.717, 1.165) is 31.2 Å². The minimum atomic E-state index is -0.874. The molecular weight excluding hydrogens is 262 g/mol. The summed E-state index contributed by atoms with van der Waals surface area (Å²) in [5.41, 5.74) is 0.973. The third kappa shape index (κ3) is 3.80. The van der Waals surface area contributed by atoms with Crippen LogP contribution in [-0.2, 0) is 16.0 Å². The van der Waals surface area contributed by atoms with E-state index in [1.807, 2.05) is 16.8 Å². The number of thiophene rings is 1. The van der Waals surface area contributed by atoms with Gasteiger partial charge in [0, 0.05) is 6.54 Å². The Labute approximate surface area is 117 Å². The number of carbonyl (C=O) groups is 2. The Morgan fingerprint density at radius 3 is 2.79 bits per heavy atom. The van der Waals surface area contributed by atoms with Gasteiger partial charge in [0.1, 0.15) is 6.04 Å². The highest BCUT2D eigenvalue weighted by Gasteiger charge is 2.29. The van der Waals surface area contributed by atoms with Crippen LogP contribution in [0.2, 0.25) is 0 Å². The van der Waals surface area contributed by atoms with Crippen molar-refractivity contribution in [2.24, 2.45) is 0 Å². The van der Waals surface area contributed by atoms with E-state index in [9.17, 15) is 14.7 Å². The molecule has 0 unspecified atom stereocenters. The normalized spacial score (nSPS) is 20.6. The van der Waals surface area contributed by atoms with Crippen molar-refractivity contribution < 1.29 is 14.7 Å². The zero-order valence-electron chi connectivity index (χ0n) is 10.9. The topological polar surface area (TPSA) is 57.6 Å². The number of rotatable bonds is 3. The third-order valence-corrected chi connectivity index (χ3v) is 4.28. The molecular formula is C14H19NO3S. The van der Waals surface area contributed by atoms with Crippen LogP contribution in [0.1, 0.15) is 37.7 Å². The Hall–Kier alpha value is -1.36. The molecule has 1 aromatic heterocycles. The zero-order valence-corrected chi connectivity index (χ0v) is 11.7. The molecule has 0 radical (unpaired) electrons. The molecule has 2 heterocycles. The lowest BCUT2D eigenvalue weighted by Crippen LogP contribution is -2.46. The van der Waals surface area contributed by atoms with Gasteiger partial charge in [-0.1, -0.05) is 19.3 Å². The van der Waals surface area contributed by atoms with Gasteiger partial charge in [-0.2, -0.15) is 11.3 Å². The first-order chi connectivity index (χ1) is 9.18. The highest BCUT2D eigenvalue weighted by Crippen LogP contribution is 2.18. The Morgan fingerprint density at radius 1 is 1.32 bits per heavy atom. The smallest absolute Gasteiger partial charge is 0.326 e. The molecule has 0 aromatic carbocycles. The van der Waals surface area contributed by atoms with Gasteiger partial charge in [-0.25, -0.2) is 4.79 Å². The minimum absolute atomic E-state index is 0.0623. The third-order valence-electron chi connectivity index (χ3n) is 3.54. The van der Waals surface area contributed by atoms with Gasteiger partial charge >= 0.3 is 5.97 Å². The van der Waals surface area contributed by atoms with E-state index in [-0.39, 0.29) is 5.91 Å². The SMILES string of the molecule is O=C(O)[C@H]1CCCCCCN1C(=O)Cc1ccsc1. The summed E-state index contributed by atoms with van der Waals surface area (Å²) in [6.07, 6.45) is 4.82. The fourth-order valence-corrected chi connectivity index (χ4v) is 3.18. The summed E-state index contributed by atoms with van der Waals surface area (Å²) in [6.45, 7) is 0.569. The number of hydrogen-bond donors (Lipinski definition) is 1. The second kappa shape index (κ2) is 6.70. The van der Waals surface area contributed by atoms with Crippen LogP contribution in [0.25, 0.3) is 0 Å². The van der Waals surface area contributed by atoms with Gasteiger partial charge in [-0.3, -0.25) is 4.79 Å².